The average Bonchev–Trinajstić information content (AvgIpc) is 2.94. The molecule has 1 rings (SSSR count). The van der Waals surface area contributed by atoms with E-state index in [1.165, 1.54) is 14.0 Å². The fraction of sp³-hybridized carbons (Fsp3) is 0.778. The summed E-state index contributed by atoms with van der Waals surface area (Å²) in [5, 5.41) is 13.4. The van der Waals surface area contributed by atoms with E-state index in [-0.39, 0.29) is 24.7 Å². The number of nitrogens with zero attached hydrogens (tertiary/aromatic N) is 2. The van der Waals surface area contributed by atoms with Crippen molar-refractivity contribution in [2.75, 3.05) is 20.2 Å². The van der Waals surface area contributed by atoms with Crippen LogP contribution in [0.15, 0.2) is 4.99 Å². The van der Waals surface area contributed by atoms with Crippen LogP contribution in [0.1, 0.15) is 46.5 Å². The lowest BCUT2D eigenvalue weighted by Crippen LogP contribution is -2.54. The molecule has 0 saturated heterocycles. The van der Waals surface area contributed by atoms with Crippen LogP contribution < -0.4 is 16.8 Å². The zero-order valence-corrected chi connectivity index (χ0v) is 17.1. The van der Waals surface area contributed by atoms with Crippen LogP contribution in [0.5, 0.6) is 0 Å². The maximum absolute atomic E-state index is 13.2. The lowest BCUT2D eigenvalue weighted by Gasteiger charge is -2.32. The Morgan fingerprint density at radius 2 is 1.82 bits per heavy atom. The first-order valence-electron chi connectivity index (χ1n) is 9.55. The van der Waals surface area contributed by atoms with Crippen LogP contribution in [0.25, 0.3) is 0 Å². The fourth-order valence-corrected chi connectivity index (χ4v) is 3.78. The number of guanidine groups is 1. The number of esters is 1. The van der Waals surface area contributed by atoms with Crippen LogP contribution in [0.2, 0.25) is 0 Å². The molecule has 0 aromatic heterocycles. The molecular formula is C18H33N5O5. The number of aliphatic imine (C=N–C) groups is 1. The van der Waals surface area contributed by atoms with E-state index in [4.69, 9.17) is 16.2 Å². The molecule has 10 nitrogen and oxygen atoms in total. The summed E-state index contributed by atoms with van der Waals surface area (Å²) in [6.07, 6.45) is 1.30. The van der Waals surface area contributed by atoms with Gasteiger partial charge in [-0.2, -0.15) is 0 Å². The molecule has 2 amide bonds. The summed E-state index contributed by atoms with van der Waals surface area (Å²) in [5.74, 6) is -2.40. The van der Waals surface area contributed by atoms with Crippen LogP contribution >= 0.6 is 0 Å². The highest BCUT2D eigenvalue weighted by molar-refractivity contribution is 5.88. The van der Waals surface area contributed by atoms with Crippen LogP contribution in [0, 0.1) is 5.92 Å². The van der Waals surface area contributed by atoms with E-state index < -0.39 is 35.5 Å². The molecule has 0 radical (unpaired) electrons. The van der Waals surface area contributed by atoms with Gasteiger partial charge in [0.2, 0.25) is 11.8 Å². The van der Waals surface area contributed by atoms with Crippen molar-refractivity contribution in [2.45, 2.75) is 64.1 Å². The summed E-state index contributed by atoms with van der Waals surface area (Å²) < 4.78 is 4.70. The van der Waals surface area contributed by atoms with Gasteiger partial charge < -0.3 is 31.5 Å². The predicted octanol–water partition coefficient (Wildman–Crippen LogP) is -0.904. The Balaban J connectivity index is 3.31. The highest BCUT2D eigenvalue weighted by atomic mass is 16.5. The van der Waals surface area contributed by atoms with E-state index in [1.54, 1.807) is 4.90 Å². The van der Waals surface area contributed by atoms with Crippen molar-refractivity contribution >= 4 is 23.7 Å². The highest BCUT2D eigenvalue weighted by Crippen LogP contribution is 2.40. The van der Waals surface area contributed by atoms with Crippen LogP contribution in [-0.2, 0) is 19.1 Å². The normalized spacial score (nSPS) is 24.9. The number of rotatable bonds is 9. The summed E-state index contributed by atoms with van der Waals surface area (Å²) in [6, 6.07) is -1.69. The summed E-state index contributed by atoms with van der Waals surface area (Å²) in [7, 11) is 1.17. The van der Waals surface area contributed by atoms with Crippen molar-refractivity contribution < 1.29 is 24.2 Å². The molecule has 0 heterocycles. The third-order valence-electron chi connectivity index (χ3n) is 4.85. The van der Waals surface area contributed by atoms with Gasteiger partial charge in [0.05, 0.1) is 13.2 Å². The molecule has 4 atom stereocenters. The second-order valence-corrected chi connectivity index (χ2v) is 7.22. The number of aliphatic hydroxyl groups is 1. The van der Waals surface area contributed by atoms with Crippen LogP contribution in [0.4, 0.5) is 0 Å². The number of ether oxygens (including phenoxy) is 1. The molecule has 1 aliphatic carbocycles. The van der Waals surface area contributed by atoms with Crippen molar-refractivity contribution in [3.63, 3.8) is 0 Å². The zero-order valence-electron chi connectivity index (χ0n) is 17.1. The number of amides is 2. The predicted molar refractivity (Wildman–Crippen MR) is 104 cm³/mol. The van der Waals surface area contributed by atoms with E-state index in [1.807, 2.05) is 13.8 Å². The molecule has 0 aromatic rings. The van der Waals surface area contributed by atoms with Gasteiger partial charge in [0.15, 0.2) is 11.6 Å². The number of methoxy groups -OCH3 is 1. The third kappa shape index (κ3) is 5.82. The Kier molecular flexibility index (Phi) is 8.67. The lowest BCUT2D eigenvalue weighted by molar-refractivity contribution is -0.162. The topological polar surface area (TPSA) is 160 Å². The maximum Gasteiger partial charge on any atom is 0.337 e. The Bertz CT molecular complexity index is 601. The number of hydrogen-bond donors (Lipinski definition) is 4. The number of carbonyl (C=O) groups excluding carboxylic acids is 3. The first-order valence-corrected chi connectivity index (χ1v) is 9.55. The minimum atomic E-state index is -1.83. The number of carbonyl (C=O) groups is 3. The first-order chi connectivity index (χ1) is 13.1. The van der Waals surface area contributed by atoms with Gasteiger partial charge in [-0.3, -0.25) is 9.59 Å². The second-order valence-electron chi connectivity index (χ2n) is 7.22. The van der Waals surface area contributed by atoms with Gasteiger partial charge in [0.1, 0.15) is 6.04 Å². The fourth-order valence-electron chi connectivity index (χ4n) is 3.78. The van der Waals surface area contributed by atoms with Crippen molar-refractivity contribution in [1.82, 2.24) is 10.2 Å². The van der Waals surface area contributed by atoms with E-state index >= 15 is 0 Å². The van der Waals surface area contributed by atoms with Crippen molar-refractivity contribution in [1.29, 1.82) is 0 Å². The highest BCUT2D eigenvalue weighted by Gasteiger charge is 2.54. The molecular weight excluding hydrogens is 366 g/mol. The molecule has 0 spiro atoms. The van der Waals surface area contributed by atoms with E-state index in [0.29, 0.717) is 13.1 Å². The Labute approximate surface area is 165 Å². The molecule has 3 unspecified atom stereocenters. The summed E-state index contributed by atoms with van der Waals surface area (Å²) in [4.78, 5) is 42.9. The zero-order chi connectivity index (χ0) is 21.5. The van der Waals surface area contributed by atoms with Crippen molar-refractivity contribution in [2.24, 2.45) is 22.4 Å². The molecule has 1 aliphatic rings. The van der Waals surface area contributed by atoms with Gasteiger partial charge in [-0.15, -0.1) is 0 Å². The van der Waals surface area contributed by atoms with E-state index in [2.05, 4.69) is 10.3 Å². The van der Waals surface area contributed by atoms with Gasteiger partial charge in [-0.05, 0) is 19.3 Å². The molecule has 1 fully saturated rings. The molecule has 6 N–H and O–H groups in total. The van der Waals surface area contributed by atoms with Gasteiger partial charge in [0, 0.05) is 32.4 Å². The summed E-state index contributed by atoms with van der Waals surface area (Å²) >= 11 is 0. The molecule has 160 valence electrons. The molecule has 0 bridgehead atoms. The Hall–Kier alpha value is -2.36. The van der Waals surface area contributed by atoms with Gasteiger partial charge >= 0.3 is 5.97 Å². The van der Waals surface area contributed by atoms with E-state index in [9.17, 15) is 19.5 Å². The number of hydrogen-bond acceptors (Lipinski definition) is 6. The summed E-state index contributed by atoms with van der Waals surface area (Å²) in [5.41, 5.74) is 9.19. The standard InChI is InChI=1S/C18H33N5O5/c1-5-7-23(8-6-2)15(25)14(21-11(3)24)12-9-18(27,16(26)28-4)10-13(12)22-17(19)20/h12-14,27H,5-10H2,1-4H3,(H,21,24)(H4,19,20,22)/t12?,13?,14?,18-/m0/s1. The molecule has 0 aliphatic heterocycles. The minimum Gasteiger partial charge on any atom is -0.467 e. The molecule has 0 aromatic carbocycles. The number of nitrogens with one attached hydrogen (secondary N) is 1. The van der Waals surface area contributed by atoms with Gasteiger partial charge in [-0.1, -0.05) is 13.8 Å². The maximum atomic E-state index is 13.2. The largest absolute Gasteiger partial charge is 0.467 e. The lowest BCUT2D eigenvalue weighted by atomic mass is 9.91. The summed E-state index contributed by atoms with van der Waals surface area (Å²) in [6.45, 7) is 6.28. The molecule has 10 heteroatoms. The SMILES string of the molecule is CCCN(CCC)C(=O)C(NC(C)=O)C1C[C@@](O)(C(=O)OC)CC1N=C(N)N. The first kappa shape index (κ1) is 23.7. The van der Waals surface area contributed by atoms with E-state index in [0.717, 1.165) is 12.8 Å². The van der Waals surface area contributed by atoms with Crippen molar-refractivity contribution in [3.8, 4) is 0 Å². The molecule has 28 heavy (non-hydrogen) atoms. The monoisotopic (exact) mass is 399 g/mol. The Morgan fingerprint density at radius 1 is 1.25 bits per heavy atom. The Morgan fingerprint density at radius 3 is 2.25 bits per heavy atom. The minimum absolute atomic E-state index is 0.104. The average molecular weight is 399 g/mol. The quantitative estimate of drug-likeness (QED) is 0.222. The van der Waals surface area contributed by atoms with Crippen LogP contribution in [-0.4, -0.2) is 71.6 Å². The molecule has 1 saturated carbocycles. The van der Waals surface area contributed by atoms with Gasteiger partial charge in [-0.25, -0.2) is 9.79 Å². The van der Waals surface area contributed by atoms with Crippen molar-refractivity contribution in [3.05, 3.63) is 0 Å². The smallest absolute Gasteiger partial charge is 0.337 e. The second kappa shape index (κ2) is 10.3. The third-order valence-corrected chi connectivity index (χ3v) is 4.85. The van der Waals surface area contributed by atoms with Gasteiger partial charge in [0.25, 0.3) is 0 Å². The van der Waals surface area contributed by atoms with Crippen LogP contribution in [0.3, 0.4) is 0 Å². The number of nitrogens with two attached hydrogens (primary N) is 2.